The second-order valence-corrected chi connectivity index (χ2v) is 4.24. The summed E-state index contributed by atoms with van der Waals surface area (Å²) in [6.45, 7) is 4.51. The Hall–Kier alpha value is -1.37. The SMILES string of the molecule is C[C@H]1CN(Cc2ccccc2)C[C@@H](C#N)O1. The highest BCUT2D eigenvalue weighted by Crippen LogP contribution is 2.13. The summed E-state index contributed by atoms with van der Waals surface area (Å²) in [5.41, 5.74) is 1.29. The zero-order chi connectivity index (χ0) is 11.4. The van der Waals surface area contributed by atoms with Crippen molar-refractivity contribution >= 4 is 0 Å². The molecule has 16 heavy (non-hydrogen) atoms. The van der Waals surface area contributed by atoms with Crippen molar-refractivity contribution in [2.24, 2.45) is 0 Å². The zero-order valence-electron chi connectivity index (χ0n) is 9.47. The first kappa shape index (κ1) is 11.1. The predicted molar refractivity (Wildman–Crippen MR) is 61.7 cm³/mol. The minimum atomic E-state index is -0.285. The van der Waals surface area contributed by atoms with Gasteiger partial charge in [0.1, 0.15) is 0 Å². The summed E-state index contributed by atoms with van der Waals surface area (Å²) in [4.78, 5) is 2.28. The fraction of sp³-hybridized carbons (Fsp3) is 0.462. The number of hydrogen-bond donors (Lipinski definition) is 0. The Kier molecular flexibility index (Phi) is 3.55. The molecule has 2 rings (SSSR count). The molecule has 0 saturated carbocycles. The first-order chi connectivity index (χ1) is 7.78. The van der Waals surface area contributed by atoms with Gasteiger partial charge >= 0.3 is 0 Å². The molecule has 3 heteroatoms. The van der Waals surface area contributed by atoms with Crippen LogP contribution >= 0.6 is 0 Å². The Morgan fingerprint density at radius 2 is 2.12 bits per heavy atom. The Morgan fingerprint density at radius 1 is 1.38 bits per heavy atom. The van der Waals surface area contributed by atoms with E-state index in [4.69, 9.17) is 10.00 Å². The van der Waals surface area contributed by atoms with Gasteiger partial charge in [0.05, 0.1) is 12.2 Å². The van der Waals surface area contributed by atoms with Gasteiger partial charge in [-0.2, -0.15) is 5.26 Å². The topological polar surface area (TPSA) is 36.3 Å². The molecule has 0 radical (unpaired) electrons. The first-order valence-corrected chi connectivity index (χ1v) is 5.59. The maximum atomic E-state index is 8.89. The maximum Gasteiger partial charge on any atom is 0.156 e. The van der Waals surface area contributed by atoms with E-state index in [1.54, 1.807) is 0 Å². The third-order valence-corrected chi connectivity index (χ3v) is 2.73. The molecule has 0 aliphatic carbocycles. The van der Waals surface area contributed by atoms with Crippen LogP contribution < -0.4 is 0 Å². The molecule has 1 heterocycles. The van der Waals surface area contributed by atoms with Gasteiger partial charge < -0.3 is 4.74 Å². The smallest absolute Gasteiger partial charge is 0.156 e. The Balaban J connectivity index is 1.97. The Morgan fingerprint density at radius 3 is 2.81 bits per heavy atom. The van der Waals surface area contributed by atoms with E-state index in [0.717, 1.165) is 13.1 Å². The molecular weight excluding hydrogens is 200 g/mol. The van der Waals surface area contributed by atoms with Gasteiger partial charge in [-0.05, 0) is 12.5 Å². The van der Waals surface area contributed by atoms with Crippen LogP contribution in [0.2, 0.25) is 0 Å². The van der Waals surface area contributed by atoms with E-state index in [1.807, 2.05) is 25.1 Å². The number of benzene rings is 1. The molecule has 1 aliphatic rings. The Bertz CT molecular complexity index is 371. The molecule has 1 saturated heterocycles. The molecule has 0 spiro atoms. The van der Waals surface area contributed by atoms with Crippen LogP contribution in [-0.4, -0.2) is 30.2 Å². The van der Waals surface area contributed by atoms with E-state index < -0.39 is 0 Å². The highest BCUT2D eigenvalue weighted by atomic mass is 16.5. The average molecular weight is 216 g/mol. The summed E-state index contributed by atoms with van der Waals surface area (Å²) in [7, 11) is 0. The van der Waals surface area contributed by atoms with Crippen LogP contribution in [0.15, 0.2) is 30.3 Å². The lowest BCUT2D eigenvalue weighted by Gasteiger charge is -2.33. The Labute approximate surface area is 96.2 Å². The van der Waals surface area contributed by atoms with Crippen molar-refractivity contribution in [1.29, 1.82) is 5.26 Å². The molecule has 1 aromatic carbocycles. The second kappa shape index (κ2) is 5.11. The van der Waals surface area contributed by atoms with E-state index in [9.17, 15) is 0 Å². The van der Waals surface area contributed by atoms with Crippen molar-refractivity contribution in [3.63, 3.8) is 0 Å². The van der Waals surface area contributed by atoms with Crippen LogP contribution in [0.25, 0.3) is 0 Å². The summed E-state index contributed by atoms with van der Waals surface area (Å²) in [6.07, 6.45) is -0.144. The van der Waals surface area contributed by atoms with Crippen LogP contribution in [0.4, 0.5) is 0 Å². The van der Waals surface area contributed by atoms with Gasteiger partial charge in [0, 0.05) is 19.6 Å². The summed E-state index contributed by atoms with van der Waals surface area (Å²) in [5, 5.41) is 8.89. The number of rotatable bonds is 2. The highest BCUT2D eigenvalue weighted by Gasteiger charge is 2.24. The van der Waals surface area contributed by atoms with E-state index in [0.29, 0.717) is 6.54 Å². The predicted octanol–water partition coefficient (Wildman–Crippen LogP) is 1.80. The number of morpholine rings is 1. The van der Waals surface area contributed by atoms with Gasteiger partial charge in [-0.25, -0.2) is 0 Å². The van der Waals surface area contributed by atoms with Gasteiger partial charge in [0.2, 0.25) is 0 Å². The van der Waals surface area contributed by atoms with Crippen molar-refractivity contribution in [2.45, 2.75) is 25.7 Å². The molecule has 3 nitrogen and oxygen atoms in total. The zero-order valence-corrected chi connectivity index (χ0v) is 9.47. The van der Waals surface area contributed by atoms with E-state index in [1.165, 1.54) is 5.56 Å². The molecule has 0 aromatic heterocycles. The molecule has 0 amide bonds. The normalized spacial score (nSPS) is 26.2. The van der Waals surface area contributed by atoms with Gasteiger partial charge in [-0.3, -0.25) is 4.90 Å². The molecule has 0 N–H and O–H groups in total. The van der Waals surface area contributed by atoms with Gasteiger partial charge in [-0.1, -0.05) is 30.3 Å². The standard InChI is InChI=1S/C13H16N2O/c1-11-8-15(10-13(7-14)16-11)9-12-5-3-2-4-6-12/h2-6,11,13H,8-10H2,1H3/t11-,13+/m0/s1. The van der Waals surface area contributed by atoms with Crippen molar-refractivity contribution < 1.29 is 4.74 Å². The molecule has 1 fully saturated rings. The molecular formula is C13H16N2O. The van der Waals surface area contributed by atoms with Gasteiger partial charge in [0.15, 0.2) is 6.10 Å². The molecule has 2 atom stereocenters. The average Bonchev–Trinajstić information content (AvgIpc) is 2.29. The number of hydrogen-bond acceptors (Lipinski definition) is 3. The van der Waals surface area contributed by atoms with Crippen LogP contribution in [0, 0.1) is 11.3 Å². The van der Waals surface area contributed by atoms with Gasteiger partial charge in [0.25, 0.3) is 0 Å². The van der Waals surface area contributed by atoms with Crippen molar-refractivity contribution in [2.75, 3.05) is 13.1 Å². The fourth-order valence-corrected chi connectivity index (χ4v) is 2.08. The summed E-state index contributed by atoms with van der Waals surface area (Å²) < 4.78 is 5.50. The van der Waals surface area contributed by atoms with Crippen LogP contribution in [0.1, 0.15) is 12.5 Å². The number of nitrogens with zero attached hydrogens (tertiary/aromatic N) is 2. The van der Waals surface area contributed by atoms with E-state index in [-0.39, 0.29) is 12.2 Å². The highest BCUT2D eigenvalue weighted by molar-refractivity contribution is 5.14. The van der Waals surface area contributed by atoms with Crippen LogP contribution in [0.5, 0.6) is 0 Å². The van der Waals surface area contributed by atoms with Crippen LogP contribution in [0.3, 0.4) is 0 Å². The van der Waals surface area contributed by atoms with E-state index in [2.05, 4.69) is 23.1 Å². The molecule has 84 valence electrons. The second-order valence-electron chi connectivity index (χ2n) is 4.24. The fourth-order valence-electron chi connectivity index (χ4n) is 2.08. The quantitative estimate of drug-likeness (QED) is 0.756. The number of ether oxygens (including phenoxy) is 1. The lowest BCUT2D eigenvalue weighted by molar-refractivity contribution is -0.0542. The monoisotopic (exact) mass is 216 g/mol. The van der Waals surface area contributed by atoms with Crippen molar-refractivity contribution in [1.82, 2.24) is 4.90 Å². The molecule has 1 aliphatic heterocycles. The minimum absolute atomic E-state index is 0.141. The third kappa shape index (κ3) is 2.82. The summed E-state index contributed by atoms with van der Waals surface area (Å²) in [6, 6.07) is 12.5. The lowest BCUT2D eigenvalue weighted by atomic mass is 10.1. The van der Waals surface area contributed by atoms with Gasteiger partial charge in [-0.15, -0.1) is 0 Å². The molecule has 0 unspecified atom stereocenters. The largest absolute Gasteiger partial charge is 0.358 e. The maximum absolute atomic E-state index is 8.89. The first-order valence-electron chi connectivity index (χ1n) is 5.59. The summed E-state index contributed by atoms with van der Waals surface area (Å²) in [5.74, 6) is 0. The van der Waals surface area contributed by atoms with Crippen molar-refractivity contribution in [3.8, 4) is 6.07 Å². The van der Waals surface area contributed by atoms with E-state index >= 15 is 0 Å². The molecule has 1 aromatic rings. The third-order valence-electron chi connectivity index (χ3n) is 2.73. The van der Waals surface area contributed by atoms with Crippen LogP contribution in [-0.2, 0) is 11.3 Å². The summed E-state index contributed by atoms with van der Waals surface area (Å²) >= 11 is 0. The van der Waals surface area contributed by atoms with Crippen molar-refractivity contribution in [3.05, 3.63) is 35.9 Å². The lowest BCUT2D eigenvalue weighted by Crippen LogP contribution is -2.45. The number of nitriles is 1. The molecule has 0 bridgehead atoms. The minimum Gasteiger partial charge on any atom is -0.358 e.